The summed E-state index contributed by atoms with van der Waals surface area (Å²) in [5.41, 5.74) is 42.7. The van der Waals surface area contributed by atoms with Crippen molar-refractivity contribution in [3.05, 3.63) is 198 Å². The summed E-state index contributed by atoms with van der Waals surface area (Å²) < 4.78 is 2.19. The summed E-state index contributed by atoms with van der Waals surface area (Å²) in [5.74, 6) is -0.175. The molecule has 1 aromatic heterocycles. The third-order valence-electron chi connectivity index (χ3n) is 14.2. The highest BCUT2D eigenvalue weighted by Crippen LogP contribution is 2.36. The van der Waals surface area contributed by atoms with E-state index in [1.807, 2.05) is 121 Å². The Kier molecular flexibility index (Phi) is 17.6. The molecule has 1 heterocycles. The van der Waals surface area contributed by atoms with E-state index in [0.29, 0.717) is 52.7 Å². The van der Waals surface area contributed by atoms with Crippen LogP contribution in [-0.4, -0.2) is 48.7 Å². The van der Waals surface area contributed by atoms with Crippen LogP contribution in [0.15, 0.2) is 186 Å². The van der Waals surface area contributed by atoms with Crippen LogP contribution in [0.5, 0.6) is 0 Å². The molecule has 9 rings (SSSR count). The second kappa shape index (κ2) is 25.6. The summed E-state index contributed by atoms with van der Waals surface area (Å²) in [6.07, 6.45) is 11.9. The van der Waals surface area contributed by atoms with Crippen LogP contribution in [0.4, 0.5) is 45.5 Å². The number of aliphatic imine (C=N–C) groups is 1. The number of nitrogens with one attached hydrogen (secondary N) is 5. The summed E-state index contributed by atoms with van der Waals surface area (Å²) in [6.45, 7) is 11.3. The summed E-state index contributed by atoms with van der Waals surface area (Å²) >= 11 is 0. The summed E-state index contributed by atoms with van der Waals surface area (Å²) in [5, 5.41) is 16.8. The van der Waals surface area contributed by atoms with Crippen molar-refractivity contribution in [2.75, 3.05) is 59.7 Å². The number of para-hydroxylation sites is 2. The molecule has 1 aliphatic rings. The molecule has 13 N–H and O–H groups in total. The fourth-order valence-electron chi connectivity index (χ4n) is 9.67. The van der Waals surface area contributed by atoms with E-state index in [1.54, 1.807) is 12.1 Å². The minimum absolute atomic E-state index is 0.0864. The molecule has 8 aromatic rings. The number of carbonyl (C=O) groups is 2. The van der Waals surface area contributed by atoms with Crippen LogP contribution in [0, 0.1) is 6.92 Å². The Balaban J connectivity index is 0.645. The first kappa shape index (κ1) is 54.4. The fraction of sp³-hybridized carbons (Fsp3) is 0.215. The van der Waals surface area contributed by atoms with Crippen LogP contribution in [0.3, 0.4) is 0 Å². The molecule has 0 aliphatic heterocycles. The van der Waals surface area contributed by atoms with Gasteiger partial charge in [-0.1, -0.05) is 92.9 Å². The molecule has 402 valence electrons. The Morgan fingerprint density at radius 2 is 1.06 bits per heavy atom. The number of amides is 2. The van der Waals surface area contributed by atoms with E-state index in [1.165, 1.54) is 0 Å². The molecule has 0 atom stereocenters. The van der Waals surface area contributed by atoms with Gasteiger partial charge in [-0.05, 0) is 140 Å². The predicted octanol–water partition coefficient (Wildman–Crippen LogP) is 12.2. The lowest BCUT2D eigenvalue weighted by Crippen LogP contribution is -2.33. The van der Waals surface area contributed by atoms with Crippen molar-refractivity contribution in [2.24, 2.45) is 4.99 Å². The van der Waals surface area contributed by atoms with Gasteiger partial charge in [0.1, 0.15) is 11.0 Å². The Bertz CT molecular complexity index is 3590. The van der Waals surface area contributed by atoms with Crippen molar-refractivity contribution in [3.63, 3.8) is 0 Å². The van der Waals surface area contributed by atoms with E-state index in [4.69, 9.17) is 32.9 Å². The largest absolute Gasteiger partial charge is 0.397 e. The molecule has 0 saturated heterocycles. The summed E-state index contributed by atoms with van der Waals surface area (Å²) in [4.78, 5) is 35.9. The molecule has 79 heavy (non-hydrogen) atoms. The van der Waals surface area contributed by atoms with Crippen LogP contribution in [0.1, 0.15) is 84.6 Å². The average molecular weight is 1050 g/mol. The number of aryl methyl sites for hydroxylation is 1. The lowest BCUT2D eigenvalue weighted by Gasteiger charge is -2.19. The van der Waals surface area contributed by atoms with E-state index >= 15 is 0 Å². The van der Waals surface area contributed by atoms with Crippen molar-refractivity contribution in [2.45, 2.75) is 65.2 Å². The predicted molar refractivity (Wildman–Crippen MR) is 327 cm³/mol. The van der Waals surface area contributed by atoms with Gasteiger partial charge in [0, 0.05) is 78.6 Å². The normalized spacial score (nSPS) is 12.8. The smallest absolute Gasteiger partial charge is 0.251 e. The molecule has 14 nitrogen and oxygen atoms in total. The third kappa shape index (κ3) is 13.8. The Morgan fingerprint density at radius 1 is 0.544 bits per heavy atom. The number of hydrogen-bond acceptors (Lipinski definition) is 11. The maximum Gasteiger partial charge on any atom is 0.251 e. The van der Waals surface area contributed by atoms with E-state index in [2.05, 4.69) is 75.8 Å². The summed E-state index contributed by atoms with van der Waals surface area (Å²) in [6, 6.07) is 46.9. The topological polar surface area (TPSA) is 228 Å². The van der Waals surface area contributed by atoms with Gasteiger partial charge in [-0.2, -0.15) is 0 Å². The number of aromatic nitrogens is 2. The van der Waals surface area contributed by atoms with Crippen molar-refractivity contribution in [1.82, 2.24) is 20.9 Å². The molecule has 0 radical (unpaired) electrons. The number of benzene rings is 7. The number of nitrogens with two attached hydrogens (primary N) is 4. The zero-order valence-electron chi connectivity index (χ0n) is 45.2. The molecular formula is C65H71N12O2+. The molecule has 0 fully saturated rings. The minimum atomic E-state index is -0.0888. The van der Waals surface area contributed by atoms with Crippen molar-refractivity contribution in [3.8, 4) is 16.8 Å². The molecule has 0 spiro atoms. The van der Waals surface area contributed by atoms with Gasteiger partial charge in [0.15, 0.2) is 0 Å². The number of allylic oxidation sites excluding steroid dienone is 4. The highest BCUT2D eigenvalue weighted by molar-refractivity contribution is 6.13. The Hall–Kier alpha value is -9.43. The molecule has 2 amide bonds. The monoisotopic (exact) mass is 1050 g/mol. The molecule has 14 heteroatoms. The van der Waals surface area contributed by atoms with E-state index in [-0.39, 0.29) is 11.8 Å². The Labute approximate surface area is 462 Å². The van der Waals surface area contributed by atoms with Gasteiger partial charge in [0.05, 0.1) is 39.8 Å². The van der Waals surface area contributed by atoms with Gasteiger partial charge in [-0.3, -0.25) is 9.59 Å². The quantitative estimate of drug-likeness (QED) is 0.0127. The van der Waals surface area contributed by atoms with Crippen LogP contribution in [0.2, 0.25) is 0 Å². The first-order chi connectivity index (χ1) is 38.4. The third-order valence-corrected chi connectivity index (χ3v) is 14.2. The zero-order chi connectivity index (χ0) is 55.3. The number of hydrogen-bond donors (Lipinski definition) is 9. The van der Waals surface area contributed by atoms with E-state index < -0.39 is 0 Å². The SMILES string of the molecule is C=C1C=C(NCCCCCCNC(=O)c2ccc(-c3ccc(C(=O)NCCCCCCNc4cc5c(cc4C)nc4cc(N)c(N)cc4[n+]5-c4ccccc4)cc3)cc2)C(C)=C/C1=N/c1cc(N)c(N)cc1Nc1ccccc1. The van der Waals surface area contributed by atoms with Gasteiger partial charge in [0.25, 0.3) is 11.8 Å². The van der Waals surface area contributed by atoms with Gasteiger partial charge >= 0.3 is 0 Å². The number of unbranched alkanes of at least 4 members (excludes halogenated alkanes) is 6. The number of anilines is 7. The number of carbonyl (C=O) groups excluding carboxylic acids is 2. The lowest BCUT2D eigenvalue weighted by atomic mass is 9.99. The van der Waals surface area contributed by atoms with Crippen molar-refractivity contribution < 1.29 is 14.2 Å². The van der Waals surface area contributed by atoms with Gasteiger partial charge < -0.3 is 49.5 Å². The zero-order valence-corrected chi connectivity index (χ0v) is 45.2. The average Bonchev–Trinajstić information content (AvgIpc) is 3.46. The minimum Gasteiger partial charge on any atom is -0.397 e. The Morgan fingerprint density at radius 3 is 1.68 bits per heavy atom. The number of nitrogens with zero attached hydrogens (tertiary/aromatic N) is 3. The van der Waals surface area contributed by atoms with Crippen molar-refractivity contribution in [1.29, 1.82) is 0 Å². The second-order valence-electron chi connectivity index (χ2n) is 20.2. The second-order valence-corrected chi connectivity index (χ2v) is 20.2. The maximum absolute atomic E-state index is 13.0. The van der Waals surface area contributed by atoms with Crippen LogP contribution >= 0.6 is 0 Å². The first-order valence-corrected chi connectivity index (χ1v) is 27.2. The lowest BCUT2D eigenvalue weighted by molar-refractivity contribution is -0.538. The molecule has 0 unspecified atom stereocenters. The van der Waals surface area contributed by atoms with Gasteiger partial charge in [-0.25, -0.2) is 9.98 Å². The van der Waals surface area contributed by atoms with Crippen LogP contribution in [0.25, 0.3) is 38.9 Å². The molecule has 1 aliphatic carbocycles. The number of fused-ring (bicyclic) bond motifs is 2. The molecule has 7 aromatic carbocycles. The van der Waals surface area contributed by atoms with Gasteiger partial charge in [-0.15, -0.1) is 4.57 Å². The van der Waals surface area contributed by atoms with E-state index in [0.717, 1.165) is 149 Å². The number of nitrogen functional groups attached to an aromatic ring is 4. The fourth-order valence-corrected chi connectivity index (χ4v) is 9.67. The highest BCUT2D eigenvalue weighted by atomic mass is 16.2. The van der Waals surface area contributed by atoms with E-state index in [9.17, 15) is 9.59 Å². The van der Waals surface area contributed by atoms with Crippen LogP contribution < -0.4 is 54.1 Å². The highest BCUT2D eigenvalue weighted by Gasteiger charge is 2.22. The van der Waals surface area contributed by atoms with Gasteiger partial charge in [0.2, 0.25) is 16.7 Å². The standard InChI is InChI=1S/C65H70N12O2/c1-42-35-57(75-59-38-52(67)51(66)37-58(59)74-49-18-10-8-11-19-49)44(3)34-55(42)70-30-14-4-6-16-32-72-64(78)47-26-22-45(23-27-47)46-24-28-48(29-25-46)65(79)73-33-17-7-5-15-31-71-56-41-63-60(36-43(56)2)76-61-39-53(68)54(69)40-62(61)77(63)50-20-12-9-13-21-50/h8-13,18-29,34-41,70H,3-7,14-17,30-33H2,1-2H3,(H11,66,67,68,69,71,72,73,74,76,78,79)/p+1/b75-57-. The molecule has 0 saturated carbocycles. The number of rotatable bonds is 23. The summed E-state index contributed by atoms with van der Waals surface area (Å²) in [7, 11) is 0. The first-order valence-electron chi connectivity index (χ1n) is 27.2. The van der Waals surface area contributed by atoms with Crippen molar-refractivity contribution >= 4 is 85.1 Å². The molecule has 0 bridgehead atoms. The molecular weight excluding hydrogens is 981 g/mol. The maximum atomic E-state index is 13.0. The van der Waals surface area contributed by atoms with Crippen LogP contribution in [-0.2, 0) is 0 Å².